The molecular weight excluding hydrogens is 374 g/mol. The Kier molecular flexibility index (Phi) is 6.75. The molecule has 0 aliphatic heterocycles. The lowest BCUT2D eigenvalue weighted by Gasteiger charge is -2.07. The van der Waals surface area contributed by atoms with Gasteiger partial charge in [-0.25, -0.2) is 4.98 Å². The lowest BCUT2D eigenvalue weighted by Crippen LogP contribution is -2.23. The molecule has 2 heterocycles. The van der Waals surface area contributed by atoms with E-state index in [9.17, 15) is 4.79 Å². The molecule has 0 bridgehead atoms. The van der Waals surface area contributed by atoms with E-state index in [2.05, 4.69) is 15.3 Å². The number of rotatable bonds is 8. The van der Waals surface area contributed by atoms with Gasteiger partial charge in [-0.1, -0.05) is 12.1 Å². The fourth-order valence-corrected chi connectivity index (χ4v) is 3.33. The second-order valence-corrected chi connectivity index (χ2v) is 6.77. The number of pyridine rings is 1. The highest BCUT2D eigenvalue weighted by molar-refractivity contribution is 7.09. The molecule has 1 N–H and O–H groups in total. The Morgan fingerprint density at radius 2 is 2.00 bits per heavy atom. The van der Waals surface area contributed by atoms with Gasteiger partial charge in [0, 0.05) is 30.6 Å². The Hall–Kier alpha value is -3.19. The third-order valence-electron chi connectivity index (χ3n) is 3.95. The SMILES string of the molecule is COc1ccc(C=CC(=O)NCCc2nc(-c3ccccn3)cs2)cc1OC. The highest BCUT2D eigenvalue weighted by atomic mass is 32.1. The third-order valence-corrected chi connectivity index (χ3v) is 4.86. The molecule has 1 aromatic carbocycles. The van der Waals surface area contributed by atoms with Gasteiger partial charge in [-0.15, -0.1) is 11.3 Å². The molecule has 0 saturated carbocycles. The van der Waals surface area contributed by atoms with Gasteiger partial charge in [0.2, 0.25) is 5.91 Å². The zero-order valence-electron chi connectivity index (χ0n) is 15.7. The van der Waals surface area contributed by atoms with Crippen LogP contribution in [0.15, 0.2) is 54.1 Å². The number of nitrogens with zero attached hydrogens (tertiary/aromatic N) is 2. The molecule has 0 saturated heterocycles. The number of amides is 1. The standard InChI is InChI=1S/C21H21N3O3S/c1-26-18-8-6-15(13-19(18)27-2)7-9-20(25)23-12-10-21-24-17(14-28-21)16-5-3-4-11-22-16/h3-9,11,13-14H,10,12H2,1-2H3,(H,23,25). The molecule has 144 valence electrons. The summed E-state index contributed by atoms with van der Waals surface area (Å²) in [5.74, 6) is 1.12. The summed E-state index contributed by atoms with van der Waals surface area (Å²) in [6.07, 6.45) is 5.66. The second kappa shape index (κ2) is 9.66. The van der Waals surface area contributed by atoms with Gasteiger partial charge in [0.15, 0.2) is 11.5 Å². The minimum atomic E-state index is -0.156. The number of ether oxygens (including phenoxy) is 2. The van der Waals surface area contributed by atoms with Gasteiger partial charge >= 0.3 is 0 Å². The first-order valence-electron chi connectivity index (χ1n) is 8.73. The lowest BCUT2D eigenvalue weighted by molar-refractivity contribution is -0.116. The normalized spacial score (nSPS) is 10.8. The van der Waals surface area contributed by atoms with Gasteiger partial charge in [0.25, 0.3) is 0 Å². The average molecular weight is 395 g/mol. The van der Waals surface area contributed by atoms with Gasteiger partial charge in [-0.05, 0) is 35.9 Å². The van der Waals surface area contributed by atoms with Crippen molar-refractivity contribution in [2.75, 3.05) is 20.8 Å². The molecule has 7 heteroatoms. The summed E-state index contributed by atoms with van der Waals surface area (Å²) in [6.45, 7) is 0.518. The van der Waals surface area contributed by atoms with E-state index in [0.717, 1.165) is 22.0 Å². The van der Waals surface area contributed by atoms with E-state index in [4.69, 9.17) is 9.47 Å². The van der Waals surface area contributed by atoms with Crippen LogP contribution in [0.2, 0.25) is 0 Å². The molecule has 0 aliphatic rings. The van der Waals surface area contributed by atoms with Crippen molar-refractivity contribution in [2.45, 2.75) is 6.42 Å². The van der Waals surface area contributed by atoms with E-state index in [1.54, 1.807) is 43.9 Å². The first-order chi connectivity index (χ1) is 13.7. The van der Waals surface area contributed by atoms with E-state index in [-0.39, 0.29) is 5.91 Å². The number of methoxy groups -OCH3 is 2. The fraction of sp³-hybridized carbons (Fsp3) is 0.190. The van der Waals surface area contributed by atoms with Gasteiger partial charge < -0.3 is 14.8 Å². The van der Waals surface area contributed by atoms with Gasteiger partial charge in [-0.2, -0.15) is 0 Å². The number of benzene rings is 1. The summed E-state index contributed by atoms with van der Waals surface area (Å²) in [5.41, 5.74) is 2.57. The van der Waals surface area contributed by atoms with Gasteiger partial charge in [-0.3, -0.25) is 9.78 Å². The van der Waals surface area contributed by atoms with Crippen molar-refractivity contribution < 1.29 is 14.3 Å². The van der Waals surface area contributed by atoms with Crippen molar-refractivity contribution in [3.05, 3.63) is 64.6 Å². The molecule has 28 heavy (non-hydrogen) atoms. The number of thiazole rings is 1. The third kappa shape index (κ3) is 5.17. The molecule has 0 aliphatic carbocycles. The molecule has 6 nitrogen and oxygen atoms in total. The molecule has 3 rings (SSSR count). The van der Waals surface area contributed by atoms with Crippen molar-refractivity contribution >= 4 is 23.3 Å². The molecule has 0 spiro atoms. The number of carbonyl (C=O) groups is 1. The molecule has 0 unspecified atom stereocenters. The number of carbonyl (C=O) groups excluding carboxylic acids is 1. The Labute approximate surface area is 167 Å². The van der Waals surface area contributed by atoms with Crippen LogP contribution in [-0.2, 0) is 11.2 Å². The zero-order valence-corrected chi connectivity index (χ0v) is 16.5. The van der Waals surface area contributed by atoms with Crippen LogP contribution in [0.3, 0.4) is 0 Å². The van der Waals surface area contributed by atoms with Crippen molar-refractivity contribution in [1.29, 1.82) is 0 Å². The quantitative estimate of drug-likeness (QED) is 0.590. The minimum absolute atomic E-state index is 0.156. The predicted octanol–water partition coefficient (Wildman–Crippen LogP) is 3.59. The largest absolute Gasteiger partial charge is 0.493 e. The zero-order chi connectivity index (χ0) is 19.8. The molecule has 0 radical (unpaired) electrons. The smallest absolute Gasteiger partial charge is 0.244 e. The first-order valence-corrected chi connectivity index (χ1v) is 9.61. The predicted molar refractivity (Wildman–Crippen MR) is 111 cm³/mol. The summed E-state index contributed by atoms with van der Waals surface area (Å²) in [7, 11) is 3.17. The van der Waals surface area contributed by atoms with E-state index >= 15 is 0 Å². The van der Waals surface area contributed by atoms with Crippen LogP contribution in [-0.4, -0.2) is 36.6 Å². The van der Waals surface area contributed by atoms with Crippen molar-refractivity contribution in [1.82, 2.24) is 15.3 Å². The maximum Gasteiger partial charge on any atom is 0.244 e. The highest BCUT2D eigenvalue weighted by Crippen LogP contribution is 2.27. The van der Waals surface area contributed by atoms with E-state index in [1.165, 1.54) is 6.08 Å². The Morgan fingerprint density at radius 3 is 2.75 bits per heavy atom. The number of hydrogen-bond donors (Lipinski definition) is 1. The molecule has 2 aromatic heterocycles. The molecular formula is C21H21N3O3S. The Bertz CT molecular complexity index is 955. The van der Waals surface area contributed by atoms with E-state index in [0.29, 0.717) is 24.5 Å². The minimum Gasteiger partial charge on any atom is -0.493 e. The maximum atomic E-state index is 12.0. The molecule has 1 amide bonds. The fourth-order valence-electron chi connectivity index (χ4n) is 2.54. The first kappa shape index (κ1) is 19.6. The van der Waals surface area contributed by atoms with Crippen LogP contribution in [0.1, 0.15) is 10.6 Å². The summed E-state index contributed by atoms with van der Waals surface area (Å²) in [5, 5.41) is 5.82. The molecule has 0 fully saturated rings. The summed E-state index contributed by atoms with van der Waals surface area (Å²) in [6, 6.07) is 11.2. The molecule has 3 aromatic rings. The van der Waals surface area contributed by atoms with Gasteiger partial charge in [0.1, 0.15) is 0 Å². The van der Waals surface area contributed by atoms with Crippen molar-refractivity contribution in [2.24, 2.45) is 0 Å². The van der Waals surface area contributed by atoms with Crippen molar-refractivity contribution in [3.8, 4) is 22.9 Å². The summed E-state index contributed by atoms with van der Waals surface area (Å²) >= 11 is 1.57. The van der Waals surface area contributed by atoms with Crippen LogP contribution in [0.5, 0.6) is 11.5 Å². The Balaban J connectivity index is 1.50. The lowest BCUT2D eigenvalue weighted by atomic mass is 10.2. The summed E-state index contributed by atoms with van der Waals surface area (Å²) in [4.78, 5) is 20.9. The van der Waals surface area contributed by atoms with Crippen LogP contribution in [0, 0.1) is 0 Å². The average Bonchev–Trinajstić information content (AvgIpc) is 3.21. The van der Waals surface area contributed by atoms with E-state index in [1.807, 2.05) is 35.7 Å². The molecule has 0 atom stereocenters. The maximum absolute atomic E-state index is 12.0. The van der Waals surface area contributed by atoms with Crippen LogP contribution in [0.25, 0.3) is 17.5 Å². The highest BCUT2D eigenvalue weighted by Gasteiger charge is 2.06. The topological polar surface area (TPSA) is 73.3 Å². The van der Waals surface area contributed by atoms with Crippen LogP contribution < -0.4 is 14.8 Å². The van der Waals surface area contributed by atoms with E-state index < -0.39 is 0 Å². The Morgan fingerprint density at radius 1 is 1.14 bits per heavy atom. The summed E-state index contributed by atoms with van der Waals surface area (Å²) < 4.78 is 10.5. The van der Waals surface area contributed by atoms with Crippen molar-refractivity contribution in [3.63, 3.8) is 0 Å². The second-order valence-electron chi connectivity index (χ2n) is 5.83. The number of nitrogens with one attached hydrogen (secondary N) is 1. The monoisotopic (exact) mass is 395 g/mol. The van der Waals surface area contributed by atoms with Crippen LogP contribution in [0.4, 0.5) is 0 Å². The van der Waals surface area contributed by atoms with Gasteiger partial charge in [0.05, 0.1) is 30.6 Å². The number of hydrogen-bond acceptors (Lipinski definition) is 6. The van der Waals surface area contributed by atoms with Crippen LogP contribution >= 0.6 is 11.3 Å². The number of aromatic nitrogens is 2.